The molecule has 0 bridgehead atoms. The topological polar surface area (TPSA) is 50.4 Å². The van der Waals surface area contributed by atoms with Gasteiger partial charge in [0, 0.05) is 0 Å². The molecule has 1 fully saturated rings. The van der Waals surface area contributed by atoms with Crippen LogP contribution in [0.5, 0.6) is 5.75 Å². The summed E-state index contributed by atoms with van der Waals surface area (Å²) in [6.45, 7) is 1.99. The van der Waals surface area contributed by atoms with Crippen LogP contribution in [0.15, 0.2) is 30.3 Å². The molecule has 1 aromatic rings. The smallest absolute Gasteiger partial charge is 0.237 e. The van der Waals surface area contributed by atoms with Crippen LogP contribution in [0.1, 0.15) is 12.8 Å². The number of nitrogens with one attached hydrogen (secondary N) is 2. The first-order chi connectivity index (χ1) is 8.36. The molecule has 18 heavy (non-hydrogen) atoms. The molecule has 1 amide bonds. The highest BCUT2D eigenvalue weighted by atomic mass is 35.5. The Morgan fingerprint density at radius 2 is 2.17 bits per heavy atom. The molecule has 5 heteroatoms. The fourth-order valence-corrected chi connectivity index (χ4v) is 1.89. The molecule has 4 nitrogen and oxygen atoms in total. The van der Waals surface area contributed by atoms with E-state index >= 15 is 0 Å². The van der Waals surface area contributed by atoms with Crippen molar-refractivity contribution < 1.29 is 9.53 Å². The number of carbonyl (C=O) groups excluding carboxylic acids is 1. The lowest BCUT2D eigenvalue weighted by Gasteiger charge is -2.11. The molecule has 1 unspecified atom stereocenters. The van der Waals surface area contributed by atoms with E-state index in [1.807, 2.05) is 30.3 Å². The largest absolute Gasteiger partial charge is 0.492 e. The highest BCUT2D eigenvalue weighted by Gasteiger charge is 2.21. The van der Waals surface area contributed by atoms with Crippen LogP contribution in [-0.2, 0) is 4.79 Å². The summed E-state index contributed by atoms with van der Waals surface area (Å²) < 4.78 is 5.48. The molecular formula is C13H19ClN2O2. The van der Waals surface area contributed by atoms with E-state index in [9.17, 15) is 4.79 Å². The van der Waals surface area contributed by atoms with Gasteiger partial charge in [-0.3, -0.25) is 4.79 Å². The summed E-state index contributed by atoms with van der Waals surface area (Å²) in [6, 6.07) is 9.60. The third-order valence-corrected chi connectivity index (χ3v) is 2.79. The number of hydrogen-bond acceptors (Lipinski definition) is 3. The summed E-state index contributed by atoms with van der Waals surface area (Å²) >= 11 is 0. The van der Waals surface area contributed by atoms with Gasteiger partial charge in [-0.1, -0.05) is 18.2 Å². The summed E-state index contributed by atoms with van der Waals surface area (Å²) in [7, 11) is 0. The van der Waals surface area contributed by atoms with Crippen LogP contribution in [0.25, 0.3) is 0 Å². The molecular weight excluding hydrogens is 252 g/mol. The van der Waals surface area contributed by atoms with E-state index in [2.05, 4.69) is 10.6 Å². The summed E-state index contributed by atoms with van der Waals surface area (Å²) in [5, 5.41) is 6.03. The number of rotatable bonds is 5. The normalized spacial score (nSPS) is 17.9. The Balaban J connectivity index is 0.00000162. The van der Waals surface area contributed by atoms with E-state index in [0.717, 1.165) is 25.1 Å². The van der Waals surface area contributed by atoms with Crippen LogP contribution in [0, 0.1) is 0 Å². The summed E-state index contributed by atoms with van der Waals surface area (Å²) in [4.78, 5) is 11.6. The fourth-order valence-electron chi connectivity index (χ4n) is 1.89. The molecule has 0 aromatic heterocycles. The molecule has 0 aliphatic carbocycles. The van der Waals surface area contributed by atoms with Crippen molar-refractivity contribution in [2.45, 2.75) is 18.9 Å². The van der Waals surface area contributed by atoms with Crippen molar-refractivity contribution in [1.29, 1.82) is 0 Å². The predicted molar refractivity (Wildman–Crippen MR) is 73.2 cm³/mol. The zero-order valence-electron chi connectivity index (χ0n) is 10.2. The Hall–Kier alpha value is -1.26. The van der Waals surface area contributed by atoms with Crippen LogP contribution in [-0.4, -0.2) is 31.6 Å². The fraction of sp³-hybridized carbons (Fsp3) is 0.462. The van der Waals surface area contributed by atoms with Crippen molar-refractivity contribution >= 4 is 18.3 Å². The Labute approximate surface area is 114 Å². The second-order valence-corrected chi connectivity index (χ2v) is 4.10. The number of hydrogen-bond donors (Lipinski definition) is 2. The lowest BCUT2D eigenvalue weighted by atomic mass is 10.2. The monoisotopic (exact) mass is 270 g/mol. The van der Waals surface area contributed by atoms with Gasteiger partial charge in [-0.15, -0.1) is 12.4 Å². The van der Waals surface area contributed by atoms with Crippen molar-refractivity contribution in [3.05, 3.63) is 30.3 Å². The number of ether oxygens (including phenoxy) is 1. The van der Waals surface area contributed by atoms with Crippen LogP contribution < -0.4 is 15.4 Å². The molecule has 0 saturated carbocycles. The molecule has 1 aliphatic heterocycles. The number of benzene rings is 1. The zero-order valence-corrected chi connectivity index (χ0v) is 11.0. The first-order valence-corrected chi connectivity index (χ1v) is 6.05. The Morgan fingerprint density at radius 1 is 1.39 bits per heavy atom. The summed E-state index contributed by atoms with van der Waals surface area (Å²) in [5.41, 5.74) is 0. The maximum absolute atomic E-state index is 11.6. The average Bonchev–Trinajstić information content (AvgIpc) is 2.89. The van der Waals surface area contributed by atoms with Gasteiger partial charge in [0.2, 0.25) is 5.91 Å². The molecule has 0 spiro atoms. The van der Waals surface area contributed by atoms with Crippen LogP contribution in [0.4, 0.5) is 0 Å². The number of carbonyl (C=O) groups is 1. The maximum Gasteiger partial charge on any atom is 0.237 e. The minimum atomic E-state index is -0.00766. The number of amides is 1. The van der Waals surface area contributed by atoms with E-state index in [0.29, 0.717) is 13.2 Å². The molecule has 2 N–H and O–H groups in total. The zero-order chi connectivity index (χ0) is 11.9. The van der Waals surface area contributed by atoms with Crippen LogP contribution in [0.2, 0.25) is 0 Å². The molecule has 1 atom stereocenters. The van der Waals surface area contributed by atoms with E-state index in [1.165, 1.54) is 0 Å². The van der Waals surface area contributed by atoms with E-state index in [1.54, 1.807) is 0 Å². The maximum atomic E-state index is 11.6. The van der Waals surface area contributed by atoms with Gasteiger partial charge in [-0.05, 0) is 31.5 Å². The number of para-hydroxylation sites is 1. The summed E-state index contributed by atoms with van der Waals surface area (Å²) in [5.74, 6) is 0.917. The standard InChI is InChI=1S/C13H18N2O2.ClH/c16-13(12-7-4-8-14-12)15-9-10-17-11-5-2-1-3-6-11;/h1-3,5-6,12,14H,4,7-10H2,(H,15,16);1H. The second kappa shape index (κ2) is 7.95. The molecule has 1 saturated heterocycles. The van der Waals surface area contributed by atoms with Gasteiger partial charge < -0.3 is 15.4 Å². The van der Waals surface area contributed by atoms with Gasteiger partial charge in [0.25, 0.3) is 0 Å². The van der Waals surface area contributed by atoms with Gasteiger partial charge >= 0.3 is 0 Å². The third-order valence-electron chi connectivity index (χ3n) is 2.79. The third kappa shape index (κ3) is 4.55. The SMILES string of the molecule is Cl.O=C(NCCOc1ccccc1)C1CCCN1. The van der Waals surface area contributed by atoms with Gasteiger partial charge in [0.05, 0.1) is 12.6 Å². The van der Waals surface area contributed by atoms with Gasteiger partial charge in [0.15, 0.2) is 0 Å². The van der Waals surface area contributed by atoms with E-state index in [-0.39, 0.29) is 24.4 Å². The van der Waals surface area contributed by atoms with E-state index in [4.69, 9.17) is 4.74 Å². The molecule has 1 aromatic carbocycles. The molecule has 100 valence electrons. The molecule has 2 rings (SSSR count). The number of halogens is 1. The van der Waals surface area contributed by atoms with Crippen molar-refractivity contribution in [1.82, 2.24) is 10.6 Å². The highest BCUT2D eigenvalue weighted by molar-refractivity contribution is 5.85. The lowest BCUT2D eigenvalue weighted by Crippen LogP contribution is -2.41. The second-order valence-electron chi connectivity index (χ2n) is 4.10. The minimum absolute atomic E-state index is 0. The minimum Gasteiger partial charge on any atom is -0.492 e. The van der Waals surface area contributed by atoms with Crippen molar-refractivity contribution in [3.8, 4) is 5.75 Å². The molecule has 1 heterocycles. The van der Waals surface area contributed by atoms with Gasteiger partial charge in [-0.25, -0.2) is 0 Å². The lowest BCUT2D eigenvalue weighted by molar-refractivity contribution is -0.122. The Bertz CT molecular complexity index is 353. The average molecular weight is 271 g/mol. The Morgan fingerprint density at radius 3 is 2.83 bits per heavy atom. The van der Waals surface area contributed by atoms with Crippen LogP contribution in [0.3, 0.4) is 0 Å². The highest BCUT2D eigenvalue weighted by Crippen LogP contribution is 2.07. The van der Waals surface area contributed by atoms with Crippen molar-refractivity contribution in [3.63, 3.8) is 0 Å². The van der Waals surface area contributed by atoms with Crippen molar-refractivity contribution in [2.75, 3.05) is 19.7 Å². The molecule has 1 aliphatic rings. The van der Waals surface area contributed by atoms with Crippen molar-refractivity contribution in [2.24, 2.45) is 0 Å². The molecule has 0 radical (unpaired) electrons. The predicted octanol–water partition coefficient (Wildman–Crippen LogP) is 1.36. The Kier molecular flexibility index (Phi) is 6.54. The quantitative estimate of drug-likeness (QED) is 0.795. The van der Waals surface area contributed by atoms with Crippen LogP contribution >= 0.6 is 12.4 Å². The van der Waals surface area contributed by atoms with E-state index < -0.39 is 0 Å². The van der Waals surface area contributed by atoms with Gasteiger partial charge in [-0.2, -0.15) is 0 Å². The van der Waals surface area contributed by atoms with Gasteiger partial charge in [0.1, 0.15) is 12.4 Å². The summed E-state index contributed by atoms with van der Waals surface area (Å²) in [6.07, 6.45) is 2.02. The first kappa shape index (κ1) is 14.8. The first-order valence-electron chi connectivity index (χ1n) is 6.05.